The Balaban J connectivity index is 1.45. The van der Waals surface area contributed by atoms with Gasteiger partial charge in [0.15, 0.2) is 0 Å². The minimum absolute atomic E-state index is 0.0615. The van der Waals surface area contributed by atoms with Gasteiger partial charge in [0.2, 0.25) is 11.8 Å². The molecule has 0 radical (unpaired) electrons. The van der Waals surface area contributed by atoms with Crippen molar-refractivity contribution in [2.75, 3.05) is 53.4 Å². The number of likely N-dealkylation sites (N-methyl/N-ethyl adjacent to an activating group) is 1. The van der Waals surface area contributed by atoms with Gasteiger partial charge in [-0.2, -0.15) is 0 Å². The number of hydrogen-bond donors (Lipinski definition) is 0. The molecule has 1 atom stereocenters. The van der Waals surface area contributed by atoms with Gasteiger partial charge in [-0.05, 0) is 56.2 Å². The monoisotopic (exact) mass is 401 g/mol. The van der Waals surface area contributed by atoms with Crippen LogP contribution in [0.5, 0.6) is 5.75 Å². The molecule has 0 aromatic heterocycles. The number of methoxy groups -OCH3 is 1. The summed E-state index contributed by atoms with van der Waals surface area (Å²) in [5, 5.41) is 0. The summed E-state index contributed by atoms with van der Waals surface area (Å²) in [4.78, 5) is 30.6. The van der Waals surface area contributed by atoms with E-state index >= 15 is 0 Å². The van der Waals surface area contributed by atoms with E-state index in [0.717, 1.165) is 64.2 Å². The highest BCUT2D eigenvalue weighted by Crippen LogP contribution is 2.21. The fourth-order valence-electron chi connectivity index (χ4n) is 4.49. The Bertz CT molecular complexity index is 694. The topological polar surface area (TPSA) is 53.1 Å². The first-order valence-corrected chi connectivity index (χ1v) is 10.9. The molecule has 2 amide bonds. The number of carbonyl (C=O) groups is 2. The van der Waals surface area contributed by atoms with Gasteiger partial charge in [0.1, 0.15) is 5.75 Å². The van der Waals surface area contributed by atoms with Crippen molar-refractivity contribution in [3.63, 3.8) is 0 Å². The Morgan fingerprint density at radius 3 is 2.83 bits per heavy atom. The molecular formula is C23H35N3O3. The number of amides is 2. The SMILES string of the molecule is COc1ccccc1CCN1CCC[C@@H](CN(C)C(=O)CN2CCCCC2=O)C1. The third-order valence-electron chi connectivity index (χ3n) is 6.20. The van der Waals surface area contributed by atoms with Crippen molar-refractivity contribution in [1.82, 2.24) is 14.7 Å². The van der Waals surface area contributed by atoms with Crippen LogP contribution in [0.15, 0.2) is 24.3 Å². The second kappa shape index (κ2) is 10.6. The van der Waals surface area contributed by atoms with E-state index in [2.05, 4.69) is 17.0 Å². The van der Waals surface area contributed by atoms with Crippen molar-refractivity contribution >= 4 is 11.8 Å². The maximum absolute atomic E-state index is 12.6. The van der Waals surface area contributed by atoms with Crippen LogP contribution in [-0.4, -0.2) is 79.9 Å². The van der Waals surface area contributed by atoms with Gasteiger partial charge in [-0.15, -0.1) is 0 Å². The molecule has 0 spiro atoms. The number of benzene rings is 1. The van der Waals surface area contributed by atoms with Crippen LogP contribution in [-0.2, 0) is 16.0 Å². The van der Waals surface area contributed by atoms with E-state index in [9.17, 15) is 9.59 Å². The Kier molecular flexibility index (Phi) is 7.92. The Morgan fingerprint density at radius 2 is 2.03 bits per heavy atom. The molecule has 0 bridgehead atoms. The van der Waals surface area contributed by atoms with Crippen LogP contribution < -0.4 is 4.74 Å². The maximum atomic E-state index is 12.6. The molecule has 1 aromatic rings. The summed E-state index contributed by atoms with van der Waals surface area (Å²) in [6.45, 7) is 4.88. The first-order valence-electron chi connectivity index (χ1n) is 10.9. The summed E-state index contributed by atoms with van der Waals surface area (Å²) in [6.07, 6.45) is 5.84. The Morgan fingerprint density at radius 1 is 1.21 bits per heavy atom. The average molecular weight is 402 g/mol. The molecular weight excluding hydrogens is 366 g/mol. The molecule has 2 fully saturated rings. The summed E-state index contributed by atoms with van der Waals surface area (Å²) in [6, 6.07) is 8.21. The number of rotatable bonds is 8. The van der Waals surface area contributed by atoms with Gasteiger partial charge in [0.25, 0.3) is 0 Å². The fraction of sp³-hybridized carbons (Fsp3) is 0.652. The van der Waals surface area contributed by atoms with E-state index in [1.165, 1.54) is 12.0 Å². The minimum Gasteiger partial charge on any atom is -0.496 e. The van der Waals surface area contributed by atoms with Gasteiger partial charge in [-0.3, -0.25) is 9.59 Å². The highest BCUT2D eigenvalue weighted by Gasteiger charge is 2.25. The third kappa shape index (κ3) is 6.20. The van der Waals surface area contributed by atoms with Crippen LogP contribution in [0.25, 0.3) is 0 Å². The second-order valence-corrected chi connectivity index (χ2v) is 8.42. The molecule has 2 heterocycles. The van der Waals surface area contributed by atoms with Gasteiger partial charge in [-0.25, -0.2) is 0 Å². The number of hydrogen-bond acceptors (Lipinski definition) is 4. The lowest BCUT2D eigenvalue weighted by Gasteiger charge is -2.35. The van der Waals surface area contributed by atoms with Gasteiger partial charge < -0.3 is 19.4 Å². The van der Waals surface area contributed by atoms with Crippen molar-refractivity contribution in [3.05, 3.63) is 29.8 Å². The zero-order valence-corrected chi connectivity index (χ0v) is 17.9. The van der Waals surface area contributed by atoms with Gasteiger partial charge >= 0.3 is 0 Å². The average Bonchev–Trinajstić information content (AvgIpc) is 2.74. The maximum Gasteiger partial charge on any atom is 0.241 e. The lowest BCUT2D eigenvalue weighted by molar-refractivity contribution is -0.141. The molecule has 0 saturated carbocycles. The minimum atomic E-state index is 0.0615. The van der Waals surface area contributed by atoms with Crippen LogP contribution in [0.1, 0.15) is 37.7 Å². The molecule has 6 nitrogen and oxygen atoms in total. The highest BCUT2D eigenvalue weighted by atomic mass is 16.5. The smallest absolute Gasteiger partial charge is 0.241 e. The Labute approximate surface area is 174 Å². The van der Waals surface area contributed by atoms with Gasteiger partial charge in [0, 0.05) is 39.6 Å². The van der Waals surface area contributed by atoms with Crippen LogP contribution in [0.2, 0.25) is 0 Å². The molecule has 1 aromatic carbocycles. The largest absolute Gasteiger partial charge is 0.496 e. The van der Waals surface area contributed by atoms with E-state index in [1.54, 1.807) is 12.0 Å². The summed E-state index contributed by atoms with van der Waals surface area (Å²) in [7, 11) is 3.60. The van der Waals surface area contributed by atoms with Crippen molar-refractivity contribution in [1.29, 1.82) is 0 Å². The summed E-state index contributed by atoms with van der Waals surface area (Å²) in [5.74, 6) is 1.63. The normalized spacial score (nSPS) is 20.6. The molecule has 29 heavy (non-hydrogen) atoms. The zero-order valence-electron chi connectivity index (χ0n) is 17.9. The third-order valence-corrected chi connectivity index (χ3v) is 6.20. The summed E-state index contributed by atoms with van der Waals surface area (Å²) >= 11 is 0. The van der Waals surface area contributed by atoms with Gasteiger partial charge in [0.05, 0.1) is 13.7 Å². The standard InChI is InChI=1S/C23H35N3O3/c1-24(23(28)18-26-14-6-5-11-22(26)27)16-19-8-7-13-25(17-19)15-12-20-9-3-4-10-21(20)29-2/h3-4,9-10,19H,5-8,11-18H2,1-2H3/t19-/m0/s1. The summed E-state index contributed by atoms with van der Waals surface area (Å²) < 4.78 is 5.46. The number of likely N-dealkylation sites (tertiary alicyclic amines) is 2. The fourth-order valence-corrected chi connectivity index (χ4v) is 4.49. The quantitative estimate of drug-likeness (QED) is 0.671. The van der Waals surface area contributed by atoms with Crippen molar-refractivity contribution in [2.24, 2.45) is 5.92 Å². The van der Waals surface area contributed by atoms with E-state index in [-0.39, 0.29) is 18.4 Å². The molecule has 6 heteroatoms. The molecule has 0 aliphatic carbocycles. The molecule has 160 valence electrons. The molecule has 3 rings (SSSR count). The van der Waals surface area contributed by atoms with Crippen LogP contribution in [0.4, 0.5) is 0 Å². The Hall–Kier alpha value is -2.08. The predicted molar refractivity (Wildman–Crippen MR) is 114 cm³/mol. The number of ether oxygens (including phenoxy) is 1. The van der Waals surface area contributed by atoms with Crippen molar-refractivity contribution in [2.45, 2.75) is 38.5 Å². The molecule has 0 unspecified atom stereocenters. The summed E-state index contributed by atoms with van der Waals surface area (Å²) in [5.41, 5.74) is 1.25. The molecule has 0 N–H and O–H groups in total. The van der Waals surface area contributed by atoms with Crippen LogP contribution >= 0.6 is 0 Å². The zero-order chi connectivity index (χ0) is 20.6. The molecule has 2 aliphatic rings. The van der Waals surface area contributed by atoms with E-state index < -0.39 is 0 Å². The number of carbonyl (C=O) groups excluding carboxylic acids is 2. The van der Waals surface area contributed by atoms with E-state index in [0.29, 0.717) is 12.3 Å². The van der Waals surface area contributed by atoms with Crippen LogP contribution in [0, 0.1) is 5.92 Å². The first kappa shape index (κ1) is 21.6. The van der Waals surface area contributed by atoms with Crippen molar-refractivity contribution in [3.8, 4) is 5.75 Å². The number of piperidine rings is 2. The second-order valence-electron chi connectivity index (χ2n) is 8.42. The number of nitrogens with zero attached hydrogens (tertiary/aromatic N) is 3. The van der Waals surface area contributed by atoms with Crippen molar-refractivity contribution < 1.29 is 14.3 Å². The van der Waals surface area contributed by atoms with E-state index in [4.69, 9.17) is 4.74 Å². The lowest BCUT2D eigenvalue weighted by atomic mass is 9.97. The highest BCUT2D eigenvalue weighted by molar-refractivity contribution is 5.85. The van der Waals surface area contributed by atoms with Gasteiger partial charge in [-0.1, -0.05) is 18.2 Å². The first-order chi connectivity index (χ1) is 14.1. The van der Waals surface area contributed by atoms with Crippen LogP contribution in [0.3, 0.4) is 0 Å². The van der Waals surface area contributed by atoms with E-state index in [1.807, 2.05) is 24.1 Å². The number of para-hydroxylation sites is 1. The molecule has 2 saturated heterocycles. The lowest BCUT2D eigenvalue weighted by Crippen LogP contribution is -2.46. The molecule has 2 aliphatic heterocycles. The predicted octanol–water partition coefficient (Wildman–Crippen LogP) is 2.42.